The largest absolute Gasteiger partial charge is 0.488 e. The fourth-order valence-corrected chi connectivity index (χ4v) is 3.63. The maximum absolute atomic E-state index is 8.85. The molecule has 0 bridgehead atoms. The van der Waals surface area contributed by atoms with Gasteiger partial charge in [0.15, 0.2) is 11.5 Å². The number of nitriles is 1. The molecule has 3 aromatic rings. The quantitative estimate of drug-likeness (QED) is 0.547. The third-order valence-electron chi connectivity index (χ3n) is 5.17. The molecule has 3 aromatic heterocycles. The van der Waals surface area contributed by atoms with Crippen LogP contribution in [0.5, 0.6) is 11.6 Å². The Hall–Kier alpha value is -3.71. The summed E-state index contributed by atoms with van der Waals surface area (Å²) in [6, 6.07) is 5.63. The van der Waals surface area contributed by atoms with Crippen LogP contribution < -0.4 is 20.5 Å². The third kappa shape index (κ3) is 4.57. The number of H-pyrrole nitrogens is 1. The van der Waals surface area contributed by atoms with Crippen LogP contribution in [0.25, 0.3) is 11.3 Å². The molecular weight excluding hydrogens is 396 g/mol. The van der Waals surface area contributed by atoms with E-state index < -0.39 is 0 Å². The second kappa shape index (κ2) is 8.97. The van der Waals surface area contributed by atoms with Crippen molar-refractivity contribution < 1.29 is 9.47 Å². The first-order valence-electron chi connectivity index (χ1n) is 10.1. The first-order chi connectivity index (χ1) is 15.1. The number of nitrogens with one attached hydrogen (secondary N) is 2. The van der Waals surface area contributed by atoms with Crippen molar-refractivity contribution in [1.82, 2.24) is 25.1 Å². The van der Waals surface area contributed by atoms with Crippen LogP contribution in [0.2, 0.25) is 0 Å². The molecule has 1 aliphatic carbocycles. The number of pyridine rings is 1. The van der Waals surface area contributed by atoms with E-state index in [1.807, 2.05) is 25.1 Å². The van der Waals surface area contributed by atoms with Gasteiger partial charge in [-0.1, -0.05) is 6.42 Å². The van der Waals surface area contributed by atoms with E-state index in [2.05, 4.69) is 30.5 Å². The standard InChI is InChI=1S/C21H24N8O2/c1-12-7-17(31-16-6-4-3-5-14(16)23)20(21(26-12)30-2)15-8-18(29-28-15)27-19-11-24-13(9-22)10-25-19/h7-8,10-11,14,16H,3-6,23H2,1-2H3,(H2,25,27,28,29)/t14-,16+/m1/s1. The number of aryl methyl sites for hydroxylation is 1. The van der Waals surface area contributed by atoms with Crippen LogP contribution in [0.3, 0.4) is 0 Å². The molecule has 1 saturated carbocycles. The Morgan fingerprint density at radius 2 is 2.03 bits per heavy atom. The fraction of sp³-hybridized carbons (Fsp3) is 0.381. The Bertz CT molecular complexity index is 1090. The number of rotatable bonds is 6. The lowest BCUT2D eigenvalue weighted by atomic mass is 9.93. The van der Waals surface area contributed by atoms with Gasteiger partial charge in [0.25, 0.3) is 0 Å². The lowest BCUT2D eigenvalue weighted by molar-refractivity contribution is 0.132. The van der Waals surface area contributed by atoms with Crippen LogP contribution in [0, 0.1) is 18.3 Å². The predicted molar refractivity (Wildman–Crippen MR) is 114 cm³/mol. The number of aromatic nitrogens is 5. The summed E-state index contributed by atoms with van der Waals surface area (Å²) in [6.45, 7) is 1.89. The van der Waals surface area contributed by atoms with Gasteiger partial charge >= 0.3 is 0 Å². The summed E-state index contributed by atoms with van der Waals surface area (Å²) in [5, 5.41) is 19.2. The van der Waals surface area contributed by atoms with Crippen molar-refractivity contribution in [2.24, 2.45) is 5.73 Å². The molecule has 0 radical (unpaired) electrons. The van der Waals surface area contributed by atoms with Crippen LogP contribution in [-0.2, 0) is 0 Å². The molecule has 1 fully saturated rings. The highest BCUT2D eigenvalue weighted by atomic mass is 16.5. The zero-order valence-corrected chi connectivity index (χ0v) is 17.4. The van der Waals surface area contributed by atoms with Gasteiger partial charge in [0, 0.05) is 23.9 Å². The summed E-state index contributed by atoms with van der Waals surface area (Å²) in [5.41, 5.74) is 8.68. The van der Waals surface area contributed by atoms with Gasteiger partial charge in [0.2, 0.25) is 5.88 Å². The first kappa shape index (κ1) is 20.6. The maximum Gasteiger partial charge on any atom is 0.226 e. The number of hydrogen-bond acceptors (Lipinski definition) is 9. The minimum absolute atomic E-state index is 0.00461. The number of methoxy groups -OCH3 is 1. The molecule has 0 saturated heterocycles. The van der Waals surface area contributed by atoms with E-state index in [-0.39, 0.29) is 17.8 Å². The monoisotopic (exact) mass is 420 g/mol. The van der Waals surface area contributed by atoms with E-state index in [0.717, 1.165) is 31.4 Å². The molecule has 0 amide bonds. The van der Waals surface area contributed by atoms with Crippen molar-refractivity contribution in [2.45, 2.75) is 44.8 Å². The number of nitrogens with two attached hydrogens (primary N) is 1. The molecule has 4 rings (SSSR count). The summed E-state index contributed by atoms with van der Waals surface area (Å²) in [6.07, 6.45) is 6.89. The molecule has 31 heavy (non-hydrogen) atoms. The summed E-state index contributed by atoms with van der Waals surface area (Å²) in [7, 11) is 1.57. The number of aromatic amines is 1. The molecule has 1 aliphatic rings. The maximum atomic E-state index is 8.85. The molecule has 160 valence electrons. The molecule has 10 heteroatoms. The Morgan fingerprint density at radius 1 is 1.19 bits per heavy atom. The average molecular weight is 420 g/mol. The van der Waals surface area contributed by atoms with Crippen LogP contribution in [0.1, 0.15) is 37.1 Å². The summed E-state index contributed by atoms with van der Waals surface area (Å²) < 4.78 is 11.9. The number of ether oxygens (including phenoxy) is 2. The second-order valence-corrected chi connectivity index (χ2v) is 7.44. The summed E-state index contributed by atoms with van der Waals surface area (Å²) >= 11 is 0. The molecular formula is C21H24N8O2. The van der Waals surface area contributed by atoms with Gasteiger partial charge in [-0.15, -0.1) is 0 Å². The van der Waals surface area contributed by atoms with Crippen molar-refractivity contribution >= 4 is 11.6 Å². The Labute approximate surface area is 179 Å². The van der Waals surface area contributed by atoms with Gasteiger partial charge in [-0.05, 0) is 26.2 Å². The lowest BCUT2D eigenvalue weighted by Crippen LogP contribution is -2.41. The van der Waals surface area contributed by atoms with Gasteiger partial charge < -0.3 is 20.5 Å². The normalized spacial score (nSPS) is 18.3. The topological polar surface area (TPSA) is 148 Å². The van der Waals surface area contributed by atoms with Crippen LogP contribution in [-0.4, -0.2) is 44.4 Å². The summed E-state index contributed by atoms with van der Waals surface area (Å²) in [4.78, 5) is 12.6. The van der Waals surface area contributed by atoms with E-state index >= 15 is 0 Å². The van der Waals surface area contributed by atoms with Gasteiger partial charge in [-0.3, -0.25) is 5.10 Å². The van der Waals surface area contributed by atoms with Gasteiger partial charge in [0.05, 0.1) is 25.2 Å². The number of hydrogen-bond donors (Lipinski definition) is 3. The molecule has 3 heterocycles. The van der Waals surface area contributed by atoms with E-state index in [0.29, 0.717) is 34.5 Å². The number of nitrogens with zero attached hydrogens (tertiary/aromatic N) is 5. The average Bonchev–Trinajstić information content (AvgIpc) is 3.23. The second-order valence-electron chi connectivity index (χ2n) is 7.44. The third-order valence-corrected chi connectivity index (χ3v) is 5.17. The Morgan fingerprint density at radius 3 is 2.74 bits per heavy atom. The minimum atomic E-state index is -0.0616. The van der Waals surface area contributed by atoms with E-state index in [1.165, 1.54) is 12.4 Å². The van der Waals surface area contributed by atoms with Crippen molar-refractivity contribution in [1.29, 1.82) is 5.26 Å². The molecule has 2 atom stereocenters. The van der Waals surface area contributed by atoms with E-state index in [1.54, 1.807) is 7.11 Å². The highest BCUT2D eigenvalue weighted by Crippen LogP contribution is 2.39. The van der Waals surface area contributed by atoms with Crippen LogP contribution in [0.15, 0.2) is 24.5 Å². The zero-order chi connectivity index (χ0) is 21.8. The van der Waals surface area contributed by atoms with Crippen molar-refractivity contribution in [3.8, 4) is 29.0 Å². The molecule has 0 unspecified atom stereocenters. The first-order valence-corrected chi connectivity index (χ1v) is 10.1. The van der Waals surface area contributed by atoms with Crippen LogP contribution >= 0.6 is 0 Å². The van der Waals surface area contributed by atoms with Gasteiger partial charge in [-0.25, -0.2) is 15.0 Å². The Kier molecular flexibility index (Phi) is 5.95. The van der Waals surface area contributed by atoms with Crippen LogP contribution in [0.4, 0.5) is 11.6 Å². The van der Waals surface area contributed by atoms with Gasteiger partial charge in [-0.2, -0.15) is 10.4 Å². The SMILES string of the molecule is COc1nc(C)cc(O[C@H]2CCCC[C@H]2N)c1-c1cc(Nc2cnc(C#N)cn2)n[nH]1. The van der Waals surface area contributed by atoms with Gasteiger partial charge in [0.1, 0.15) is 29.3 Å². The minimum Gasteiger partial charge on any atom is -0.488 e. The fourth-order valence-electron chi connectivity index (χ4n) is 3.63. The van der Waals surface area contributed by atoms with Crippen molar-refractivity contribution in [2.75, 3.05) is 12.4 Å². The molecule has 10 nitrogen and oxygen atoms in total. The van der Waals surface area contributed by atoms with E-state index in [4.69, 9.17) is 20.5 Å². The molecule has 0 spiro atoms. The highest BCUT2D eigenvalue weighted by Gasteiger charge is 2.26. The lowest BCUT2D eigenvalue weighted by Gasteiger charge is -2.30. The smallest absolute Gasteiger partial charge is 0.226 e. The van der Waals surface area contributed by atoms with E-state index in [9.17, 15) is 0 Å². The zero-order valence-electron chi connectivity index (χ0n) is 17.4. The predicted octanol–water partition coefficient (Wildman–Crippen LogP) is 2.84. The molecule has 0 aromatic carbocycles. The van der Waals surface area contributed by atoms with Crippen molar-refractivity contribution in [3.05, 3.63) is 35.9 Å². The van der Waals surface area contributed by atoms with Crippen molar-refractivity contribution in [3.63, 3.8) is 0 Å². The number of anilines is 2. The molecule has 4 N–H and O–H groups in total. The Balaban J connectivity index is 1.64. The summed E-state index contributed by atoms with van der Waals surface area (Å²) in [5.74, 6) is 2.08. The molecule has 0 aliphatic heterocycles. The highest BCUT2D eigenvalue weighted by molar-refractivity contribution is 5.75.